The van der Waals surface area contributed by atoms with Gasteiger partial charge in [-0.05, 0) is 35.9 Å². The van der Waals surface area contributed by atoms with E-state index in [1.165, 1.54) is 17.3 Å². The first-order valence-corrected chi connectivity index (χ1v) is 10.0. The van der Waals surface area contributed by atoms with Crippen molar-refractivity contribution in [1.29, 1.82) is 5.26 Å². The normalized spacial score (nSPS) is 16.4. The van der Waals surface area contributed by atoms with Gasteiger partial charge in [-0.3, -0.25) is 4.79 Å². The molecule has 0 N–H and O–H groups in total. The fourth-order valence-electron chi connectivity index (χ4n) is 3.63. The van der Waals surface area contributed by atoms with Crippen LogP contribution in [-0.2, 0) is 4.79 Å². The van der Waals surface area contributed by atoms with E-state index in [1.807, 2.05) is 41.3 Å². The average Bonchev–Trinajstić information content (AvgIpc) is 2.78. The number of piperazine rings is 1. The summed E-state index contributed by atoms with van der Waals surface area (Å²) in [6, 6.07) is 12.8. The van der Waals surface area contributed by atoms with Gasteiger partial charge in [0, 0.05) is 29.1 Å². The highest BCUT2D eigenvalue weighted by atomic mass is 35.5. The maximum atomic E-state index is 12.0. The van der Waals surface area contributed by atoms with Crippen LogP contribution in [0.15, 0.2) is 55.4 Å². The van der Waals surface area contributed by atoms with E-state index in [9.17, 15) is 10.1 Å². The number of aromatic nitrogens is 2. The van der Waals surface area contributed by atoms with E-state index >= 15 is 0 Å². The number of fused-ring (bicyclic) bond motifs is 1. The van der Waals surface area contributed by atoms with Gasteiger partial charge in [-0.25, -0.2) is 9.97 Å². The molecule has 8 heteroatoms. The summed E-state index contributed by atoms with van der Waals surface area (Å²) in [6.07, 6.45) is 2.72. The molecule has 0 aliphatic carbocycles. The molecule has 0 unspecified atom stereocenters. The number of carbonyl (C=O) groups excluding carboxylic acids is 1. The number of halogens is 2. The molecule has 30 heavy (non-hydrogen) atoms. The Bertz CT molecular complexity index is 1170. The van der Waals surface area contributed by atoms with Gasteiger partial charge in [0.25, 0.3) is 0 Å². The molecule has 0 bridgehead atoms. The number of benzene rings is 2. The third-order valence-corrected chi connectivity index (χ3v) is 5.71. The number of hydrogen-bond acceptors (Lipinski definition) is 5. The number of amides is 1. The van der Waals surface area contributed by atoms with E-state index in [1.54, 1.807) is 0 Å². The summed E-state index contributed by atoms with van der Waals surface area (Å²) in [5.41, 5.74) is 2.48. The van der Waals surface area contributed by atoms with E-state index < -0.39 is 6.04 Å². The molecule has 2 aromatic carbocycles. The smallest absolute Gasteiger partial charge is 0.247 e. The third-order valence-electron chi connectivity index (χ3n) is 5.14. The van der Waals surface area contributed by atoms with E-state index in [0.717, 1.165) is 16.5 Å². The molecule has 4 rings (SSSR count). The van der Waals surface area contributed by atoms with Crippen molar-refractivity contribution in [3.05, 3.63) is 65.4 Å². The molecule has 1 amide bonds. The Morgan fingerprint density at radius 1 is 1.20 bits per heavy atom. The number of hydrogen-bond donors (Lipinski definition) is 0. The van der Waals surface area contributed by atoms with Crippen molar-refractivity contribution < 1.29 is 4.79 Å². The lowest BCUT2D eigenvalue weighted by molar-refractivity contribution is -0.127. The monoisotopic (exact) mass is 437 g/mol. The van der Waals surface area contributed by atoms with Crippen molar-refractivity contribution >= 4 is 45.8 Å². The summed E-state index contributed by atoms with van der Waals surface area (Å²) in [7, 11) is 0. The lowest BCUT2D eigenvalue weighted by Crippen LogP contribution is -2.54. The molecule has 1 atom stereocenters. The molecule has 2 heterocycles. The first-order chi connectivity index (χ1) is 14.5. The van der Waals surface area contributed by atoms with Crippen molar-refractivity contribution in [2.75, 3.05) is 24.5 Å². The number of anilines is 1. The van der Waals surface area contributed by atoms with E-state index in [0.29, 0.717) is 41.0 Å². The van der Waals surface area contributed by atoms with Crippen LogP contribution in [0.4, 0.5) is 5.82 Å². The van der Waals surface area contributed by atoms with Crippen molar-refractivity contribution in [2.45, 2.75) is 6.04 Å². The third kappa shape index (κ3) is 3.70. The van der Waals surface area contributed by atoms with E-state index in [2.05, 4.69) is 22.6 Å². The predicted octanol–water partition coefficient (Wildman–Crippen LogP) is 4.33. The van der Waals surface area contributed by atoms with Crippen LogP contribution in [0.2, 0.25) is 10.0 Å². The van der Waals surface area contributed by atoms with Crippen LogP contribution in [-0.4, -0.2) is 46.5 Å². The van der Waals surface area contributed by atoms with Crippen molar-refractivity contribution in [1.82, 2.24) is 14.9 Å². The minimum atomic E-state index is -0.586. The molecule has 1 aliphatic rings. The van der Waals surface area contributed by atoms with Gasteiger partial charge in [0.2, 0.25) is 5.91 Å². The highest BCUT2D eigenvalue weighted by Crippen LogP contribution is 2.35. The number of nitrogens with zero attached hydrogens (tertiary/aromatic N) is 5. The quantitative estimate of drug-likeness (QED) is 0.570. The first kappa shape index (κ1) is 20.1. The molecular formula is C22H17Cl2N5O. The summed E-state index contributed by atoms with van der Waals surface area (Å²) in [5, 5.41) is 11.6. The van der Waals surface area contributed by atoms with Gasteiger partial charge in [-0.2, -0.15) is 5.26 Å². The minimum Gasteiger partial charge on any atom is -0.351 e. The lowest BCUT2D eigenvalue weighted by atomic mass is 10.0. The van der Waals surface area contributed by atoms with Gasteiger partial charge in [-0.1, -0.05) is 41.9 Å². The fraction of sp³-hybridized carbons (Fsp3) is 0.182. The summed E-state index contributed by atoms with van der Waals surface area (Å²) in [4.78, 5) is 24.4. The number of rotatable bonds is 3. The van der Waals surface area contributed by atoms with Crippen LogP contribution in [0.1, 0.15) is 0 Å². The second kappa shape index (κ2) is 8.31. The molecule has 0 radical (unpaired) electrons. The van der Waals surface area contributed by atoms with Gasteiger partial charge in [0.15, 0.2) is 0 Å². The molecule has 0 saturated carbocycles. The largest absolute Gasteiger partial charge is 0.351 e. The zero-order valence-electron chi connectivity index (χ0n) is 15.9. The van der Waals surface area contributed by atoms with Gasteiger partial charge in [-0.15, -0.1) is 0 Å². The van der Waals surface area contributed by atoms with Gasteiger partial charge < -0.3 is 9.80 Å². The maximum absolute atomic E-state index is 12.0. The Balaban J connectivity index is 1.76. The van der Waals surface area contributed by atoms with E-state index in [4.69, 9.17) is 23.2 Å². The SMILES string of the molecule is C=CC(=O)N1CCN(c2ncnc3cc(Cl)c(-c4ccc(Cl)cc4)cc23)C[C@@H]1C#N. The number of nitriles is 1. The molecule has 0 spiro atoms. The van der Waals surface area contributed by atoms with Gasteiger partial charge >= 0.3 is 0 Å². The maximum Gasteiger partial charge on any atom is 0.247 e. The summed E-state index contributed by atoms with van der Waals surface area (Å²) >= 11 is 12.5. The van der Waals surface area contributed by atoms with Crippen molar-refractivity contribution in [3.8, 4) is 17.2 Å². The van der Waals surface area contributed by atoms with Crippen LogP contribution in [0, 0.1) is 11.3 Å². The van der Waals surface area contributed by atoms with Crippen LogP contribution < -0.4 is 4.90 Å². The Morgan fingerprint density at radius 3 is 2.67 bits per heavy atom. The standard InChI is InChI=1S/C22H17Cl2N5O/c1-2-21(30)29-8-7-28(12-16(29)11-25)22-18-9-17(14-3-5-15(23)6-4-14)19(24)10-20(18)26-13-27-22/h2-6,9-10,13,16H,1,7-8,12H2/t16-/m0/s1. The molecule has 3 aromatic rings. The summed E-state index contributed by atoms with van der Waals surface area (Å²) < 4.78 is 0. The second-order valence-electron chi connectivity index (χ2n) is 6.88. The Hall–Kier alpha value is -3.14. The minimum absolute atomic E-state index is 0.245. The highest BCUT2D eigenvalue weighted by molar-refractivity contribution is 6.34. The fourth-order valence-corrected chi connectivity index (χ4v) is 4.03. The van der Waals surface area contributed by atoms with Crippen LogP contribution in [0.25, 0.3) is 22.0 Å². The summed E-state index contributed by atoms with van der Waals surface area (Å²) in [6.45, 7) is 4.82. The van der Waals surface area contributed by atoms with E-state index in [-0.39, 0.29) is 5.91 Å². The topological polar surface area (TPSA) is 73.1 Å². The van der Waals surface area contributed by atoms with Crippen molar-refractivity contribution in [2.24, 2.45) is 0 Å². The molecule has 1 aliphatic heterocycles. The van der Waals surface area contributed by atoms with Crippen LogP contribution in [0.3, 0.4) is 0 Å². The van der Waals surface area contributed by atoms with Gasteiger partial charge in [0.1, 0.15) is 18.2 Å². The molecule has 1 saturated heterocycles. The van der Waals surface area contributed by atoms with Crippen LogP contribution >= 0.6 is 23.2 Å². The van der Waals surface area contributed by atoms with Crippen molar-refractivity contribution in [3.63, 3.8) is 0 Å². The lowest BCUT2D eigenvalue weighted by Gasteiger charge is -2.38. The van der Waals surface area contributed by atoms with Gasteiger partial charge in [0.05, 0.1) is 23.2 Å². The highest BCUT2D eigenvalue weighted by Gasteiger charge is 2.30. The Morgan fingerprint density at radius 2 is 1.97 bits per heavy atom. The molecule has 1 aromatic heterocycles. The summed E-state index contributed by atoms with van der Waals surface area (Å²) in [5.74, 6) is 0.461. The predicted molar refractivity (Wildman–Crippen MR) is 119 cm³/mol. The van der Waals surface area contributed by atoms with Crippen LogP contribution in [0.5, 0.6) is 0 Å². The Kier molecular flexibility index (Phi) is 5.58. The second-order valence-corrected chi connectivity index (χ2v) is 7.72. The Labute approximate surface area is 184 Å². The average molecular weight is 438 g/mol. The molecule has 1 fully saturated rings. The zero-order valence-corrected chi connectivity index (χ0v) is 17.4. The zero-order chi connectivity index (χ0) is 21.3. The molecule has 150 valence electrons. The molecular weight excluding hydrogens is 421 g/mol. The number of carbonyl (C=O) groups is 1. The molecule has 6 nitrogen and oxygen atoms in total. The first-order valence-electron chi connectivity index (χ1n) is 9.29.